The summed E-state index contributed by atoms with van der Waals surface area (Å²) in [7, 11) is 0. The standard InChI is InChI=1S/C12H20N4O2/c17-7-6-10(9-4-2-1-3-5-9)14-12(18)11-8-13-16-15-11/h8-10,17H,1-7H2,(H,14,18)(H,13,15,16). The largest absolute Gasteiger partial charge is 0.396 e. The summed E-state index contributed by atoms with van der Waals surface area (Å²) in [5.74, 6) is 0.259. The number of nitrogens with one attached hydrogen (secondary N) is 2. The minimum absolute atomic E-state index is 0.0412. The molecule has 0 bridgehead atoms. The molecule has 0 spiro atoms. The number of nitrogens with zero attached hydrogens (tertiary/aromatic N) is 2. The van der Waals surface area contributed by atoms with E-state index in [9.17, 15) is 4.79 Å². The zero-order valence-electron chi connectivity index (χ0n) is 10.4. The van der Waals surface area contributed by atoms with Crippen LogP contribution in [-0.4, -0.2) is 39.1 Å². The predicted molar refractivity (Wildman–Crippen MR) is 65.9 cm³/mol. The summed E-state index contributed by atoms with van der Waals surface area (Å²) in [6.07, 6.45) is 7.98. The van der Waals surface area contributed by atoms with Gasteiger partial charge in [0.1, 0.15) is 0 Å². The van der Waals surface area contributed by atoms with E-state index in [2.05, 4.69) is 20.7 Å². The van der Waals surface area contributed by atoms with Gasteiger partial charge in [0.05, 0.1) is 6.20 Å². The molecule has 1 aliphatic carbocycles. The first-order chi connectivity index (χ1) is 8.81. The second-order valence-corrected chi connectivity index (χ2v) is 4.85. The van der Waals surface area contributed by atoms with Crippen LogP contribution in [0, 0.1) is 5.92 Å². The maximum atomic E-state index is 11.9. The van der Waals surface area contributed by atoms with E-state index >= 15 is 0 Å². The molecule has 1 unspecified atom stereocenters. The predicted octanol–water partition coefficient (Wildman–Crippen LogP) is 0.866. The van der Waals surface area contributed by atoms with Gasteiger partial charge >= 0.3 is 0 Å². The quantitative estimate of drug-likeness (QED) is 0.725. The van der Waals surface area contributed by atoms with Gasteiger partial charge in [0.15, 0.2) is 5.69 Å². The van der Waals surface area contributed by atoms with Crippen LogP contribution in [0.25, 0.3) is 0 Å². The van der Waals surface area contributed by atoms with E-state index < -0.39 is 0 Å². The second-order valence-electron chi connectivity index (χ2n) is 4.85. The van der Waals surface area contributed by atoms with Crippen molar-refractivity contribution < 1.29 is 9.90 Å². The zero-order valence-corrected chi connectivity index (χ0v) is 10.4. The second kappa shape index (κ2) is 6.49. The summed E-state index contributed by atoms with van der Waals surface area (Å²) >= 11 is 0. The fraction of sp³-hybridized carbons (Fsp3) is 0.750. The summed E-state index contributed by atoms with van der Waals surface area (Å²) in [6, 6.07) is 0.0412. The lowest BCUT2D eigenvalue weighted by Crippen LogP contribution is -2.41. The Kier molecular flexibility index (Phi) is 4.69. The van der Waals surface area contributed by atoms with Gasteiger partial charge in [0.25, 0.3) is 5.91 Å². The molecule has 1 amide bonds. The first-order valence-electron chi connectivity index (χ1n) is 6.58. The summed E-state index contributed by atoms with van der Waals surface area (Å²) in [4.78, 5) is 11.9. The molecule has 100 valence electrons. The molecule has 1 aliphatic rings. The molecule has 0 aromatic carbocycles. The molecule has 1 saturated carbocycles. The first kappa shape index (κ1) is 13.0. The number of amides is 1. The van der Waals surface area contributed by atoms with Crippen LogP contribution in [-0.2, 0) is 0 Å². The molecule has 3 N–H and O–H groups in total. The lowest BCUT2D eigenvalue weighted by atomic mass is 9.82. The molecule has 2 rings (SSSR count). The van der Waals surface area contributed by atoms with Crippen LogP contribution >= 0.6 is 0 Å². The number of aromatic amines is 1. The lowest BCUT2D eigenvalue weighted by Gasteiger charge is -2.30. The Bertz CT molecular complexity index is 360. The maximum Gasteiger partial charge on any atom is 0.273 e. The van der Waals surface area contributed by atoms with Crippen LogP contribution in [0.4, 0.5) is 0 Å². The van der Waals surface area contributed by atoms with Crippen LogP contribution in [0.15, 0.2) is 6.20 Å². The van der Waals surface area contributed by atoms with Gasteiger partial charge in [-0.2, -0.15) is 15.4 Å². The fourth-order valence-electron chi connectivity index (χ4n) is 2.65. The van der Waals surface area contributed by atoms with E-state index in [1.807, 2.05) is 0 Å². The van der Waals surface area contributed by atoms with Crippen LogP contribution in [0.3, 0.4) is 0 Å². The number of carbonyl (C=O) groups is 1. The SMILES string of the molecule is O=C(NC(CCO)C1CCCCC1)c1cn[nH]n1. The molecule has 18 heavy (non-hydrogen) atoms. The van der Waals surface area contributed by atoms with E-state index in [4.69, 9.17) is 5.11 Å². The minimum Gasteiger partial charge on any atom is -0.396 e. The van der Waals surface area contributed by atoms with E-state index in [0.29, 0.717) is 18.0 Å². The Morgan fingerprint density at radius 2 is 2.28 bits per heavy atom. The van der Waals surface area contributed by atoms with Gasteiger partial charge in [0, 0.05) is 12.6 Å². The van der Waals surface area contributed by atoms with E-state index in [0.717, 1.165) is 12.8 Å². The molecular weight excluding hydrogens is 232 g/mol. The van der Waals surface area contributed by atoms with Crippen molar-refractivity contribution in [3.63, 3.8) is 0 Å². The molecule has 0 saturated heterocycles. The number of hydrogen-bond acceptors (Lipinski definition) is 4. The third-order valence-corrected chi connectivity index (χ3v) is 3.62. The van der Waals surface area contributed by atoms with Crippen molar-refractivity contribution >= 4 is 5.91 Å². The van der Waals surface area contributed by atoms with E-state index in [1.165, 1.54) is 25.5 Å². The number of aromatic nitrogens is 3. The van der Waals surface area contributed by atoms with Crippen molar-refractivity contribution in [2.24, 2.45) is 5.92 Å². The topological polar surface area (TPSA) is 90.9 Å². The van der Waals surface area contributed by atoms with Crippen LogP contribution < -0.4 is 5.32 Å². The number of aliphatic hydroxyl groups is 1. The highest BCUT2D eigenvalue weighted by atomic mass is 16.3. The van der Waals surface area contributed by atoms with Gasteiger partial charge in [-0.1, -0.05) is 19.3 Å². The molecule has 6 nitrogen and oxygen atoms in total. The minimum atomic E-state index is -0.215. The number of carbonyl (C=O) groups excluding carboxylic acids is 1. The summed E-state index contributed by atoms with van der Waals surface area (Å²) in [5, 5.41) is 21.9. The third kappa shape index (κ3) is 3.29. The highest BCUT2D eigenvalue weighted by Gasteiger charge is 2.25. The highest BCUT2D eigenvalue weighted by molar-refractivity contribution is 5.92. The van der Waals surface area contributed by atoms with Gasteiger partial charge in [-0.05, 0) is 25.2 Å². The van der Waals surface area contributed by atoms with Crippen molar-refractivity contribution in [3.8, 4) is 0 Å². The van der Waals surface area contributed by atoms with Crippen molar-refractivity contribution in [1.82, 2.24) is 20.7 Å². The van der Waals surface area contributed by atoms with Crippen molar-refractivity contribution in [1.29, 1.82) is 0 Å². The van der Waals surface area contributed by atoms with Crippen LogP contribution in [0.1, 0.15) is 49.0 Å². The zero-order chi connectivity index (χ0) is 12.8. The summed E-state index contributed by atoms with van der Waals surface area (Å²) in [5.41, 5.74) is 0.300. The van der Waals surface area contributed by atoms with Gasteiger partial charge in [-0.15, -0.1) is 0 Å². The monoisotopic (exact) mass is 252 g/mol. The molecule has 1 atom stereocenters. The molecule has 0 aliphatic heterocycles. The maximum absolute atomic E-state index is 11.9. The molecular formula is C12H20N4O2. The average Bonchev–Trinajstić information content (AvgIpc) is 2.93. The average molecular weight is 252 g/mol. The smallest absolute Gasteiger partial charge is 0.273 e. The Hall–Kier alpha value is -1.43. The number of aliphatic hydroxyl groups excluding tert-OH is 1. The van der Waals surface area contributed by atoms with E-state index in [-0.39, 0.29) is 18.6 Å². The van der Waals surface area contributed by atoms with Crippen molar-refractivity contribution in [2.45, 2.75) is 44.6 Å². The Balaban J connectivity index is 1.94. The summed E-state index contributed by atoms with van der Waals surface area (Å²) < 4.78 is 0. The number of rotatable bonds is 5. The molecule has 1 heterocycles. The van der Waals surface area contributed by atoms with Crippen molar-refractivity contribution in [2.75, 3.05) is 6.61 Å². The van der Waals surface area contributed by atoms with Gasteiger partial charge in [0.2, 0.25) is 0 Å². The van der Waals surface area contributed by atoms with E-state index in [1.54, 1.807) is 0 Å². The Morgan fingerprint density at radius 3 is 2.89 bits per heavy atom. The molecule has 1 aromatic rings. The lowest BCUT2D eigenvalue weighted by molar-refractivity contribution is 0.0894. The molecule has 1 aromatic heterocycles. The molecule has 6 heteroatoms. The first-order valence-corrected chi connectivity index (χ1v) is 6.58. The molecule has 0 radical (unpaired) electrons. The Morgan fingerprint density at radius 1 is 1.50 bits per heavy atom. The van der Waals surface area contributed by atoms with Crippen molar-refractivity contribution in [3.05, 3.63) is 11.9 Å². The van der Waals surface area contributed by atoms with Gasteiger partial charge in [-0.25, -0.2) is 0 Å². The van der Waals surface area contributed by atoms with Crippen LogP contribution in [0.5, 0.6) is 0 Å². The fourth-order valence-corrected chi connectivity index (χ4v) is 2.65. The molecule has 1 fully saturated rings. The summed E-state index contributed by atoms with van der Waals surface area (Å²) in [6.45, 7) is 0.0975. The van der Waals surface area contributed by atoms with Crippen LogP contribution in [0.2, 0.25) is 0 Å². The highest BCUT2D eigenvalue weighted by Crippen LogP contribution is 2.27. The van der Waals surface area contributed by atoms with Gasteiger partial charge in [-0.3, -0.25) is 4.79 Å². The third-order valence-electron chi connectivity index (χ3n) is 3.62. The number of H-pyrrole nitrogens is 1. The number of hydrogen-bond donors (Lipinski definition) is 3. The Labute approximate surface area is 106 Å². The normalized spacial score (nSPS) is 18.5. The van der Waals surface area contributed by atoms with Gasteiger partial charge < -0.3 is 10.4 Å².